The number of hydrogen-bond acceptors (Lipinski definition) is 5. The molecular weight excluding hydrogens is 222 g/mol. The zero-order chi connectivity index (χ0) is 12.0. The molecule has 1 N–H and O–H groups in total. The van der Waals surface area contributed by atoms with Gasteiger partial charge in [0.05, 0.1) is 23.2 Å². The van der Waals surface area contributed by atoms with Crippen molar-refractivity contribution in [2.45, 2.75) is 39.2 Å². The van der Waals surface area contributed by atoms with Crippen LogP contribution >= 0.6 is 11.5 Å². The Morgan fingerprint density at radius 1 is 1.44 bits per heavy atom. The summed E-state index contributed by atoms with van der Waals surface area (Å²) in [7, 11) is 1.95. The summed E-state index contributed by atoms with van der Waals surface area (Å²) in [4.78, 5) is 1.20. The molecule has 92 valence electrons. The lowest BCUT2D eigenvalue weighted by Gasteiger charge is -2.16. The van der Waals surface area contributed by atoms with Gasteiger partial charge in [-0.2, -0.15) is 0 Å². The topological polar surface area (TPSA) is 47.0 Å². The Kier molecular flexibility index (Phi) is 5.87. The van der Waals surface area contributed by atoms with Crippen molar-refractivity contribution in [2.24, 2.45) is 0 Å². The maximum absolute atomic E-state index is 5.58. The second-order valence-corrected chi connectivity index (χ2v) is 4.88. The van der Waals surface area contributed by atoms with E-state index in [0.717, 1.165) is 18.7 Å². The Hall–Kier alpha value is -0.520. The average molecular weight is 243 g/mol. The maximum atomic E-state index is 5.58. The van der Waals surface area contributed by atoms with E-state index in [4.69, 9.17) is 4.74 Å². The van der Waals surface area contributed by atoms with Crippen molar-refractivity contribution in [1.82, 2.24) is 14.9 Å². The Bertz CT molecular complexity index is 301. The van der Waals surface area contributed by atoms with Gasteiger partial charge in [-0.05, 0) is 30.9 Å². The highest BCUT2D eigenvalue weighted by Gasteiger charge is 2.19. The fourth-order valence-electron chi connectivity index (χ4n) is 1.48. The molecule has 1 unspecified atom stereocenters. The lowest BCUT2D eigenvalue weighted by Crippen LogP contribution is -2.22. The summed E-state index contributed by atoms with van der Waals surface area (Å²) in [6.45, 7) is 7.89. The molecule has 1 aromatic heterocycles. The Morgan fingerprint density at radius 3 is 2.75 bits per heavy atom. The van der Waals surface area contributed by atoms with Crippen LogP contribution in [0.15, 0.2) is 0 Å². The minimum Gasteiger partial charge on any atom is -0.379 e. The highest BCUT2D eigenvalue weighted by atomic mass is 32.1. The Labute approximate surface area is 102 Å². The molecule has 0 aliphatic rings. The molecule has 5 heteroatoms. The molecule has 1 aromatic rings. The predicted octanol–water partition coefficient (Wildman–Crippen LogP) is 2.35. The lowest BCUT2D eigenvalue weighted by molar-refractivity contribution is 0.114. The monoisotopic (exact) mass is 243 g/mol. The molecule has 0 amide bonds. The molecule has 0 aromatic carbocycles. The number of aromatic nitrogens is 2. The highest BCUT2D eigenvalue weighted by Crippen LogP contribution is 2.26. The standard InChI is InChI=1S/C11H21N3OS/c1-5-6-15-7-9(12-4)11-10(8(2)3)13-14-16-11/h8-9,12H,5-7H2,1-4H3. The Morgan fingerprint density at radius 2 is 2.19 bits per heavy atom. The SMILES string of the molecule is CCCOCC(NC)c1snnc1C(C)C. The van der Waals surface area contributed by atoms with Crippen molar-refractivity contribution in [3.63, 3.8) is 0 Å². The zero-order valence-corrected chi connectivity index (χ0v) is 11.3. The van der Waals surface area contributed by atoms with Crippen LogP contribution in [-0.4, -0.2) is 29.8 Å². The van der Waals surface area contributed by atoms with Gasteiger partial charge in [0.15, 0.2) is 0 Å². The molecule has 0 bridgehead atoms. The van der Waals surface area contributed by atoms with Crippen LogP contribution in [0.2, 0.25) is 0 Å². The number of nitrogens with one attached hydrogen (secondary N) is 1. The molecule has 0 aliphatic heterocycles. The quantitative estimate of drug-likeness (QED) is 0.747. The van der Waals surface area contributed by atoms with Gasteiger partial charge in [0.2, 0.25) is 0 Å². The largest absolute Gasteiger partial charge is 0.379 e. The van der Waals surface area contributed by atoms with E-state index < -0.39 is 0 Å². The van der Waals surface area contributed by atoms with Crippen LogP contribution in [0.3, 0.4) is 0 Å². The van der Waals surface area contributed by atoms with E-state index in [2.05, 4.69) is 35.7 Å². The number of hydrogen-bond donors (Lipinski definition) is 1. The molecule has 16 heavy (non-hydrogen) atoms. The average Bonchev–Trinajstić information content (AvgIpc) is 2.73. The Balaban J connectivity index is 2.66. The normalized spacial score (nSPS) is 13.3. The van der Waals surface area contributed by atoms with E-state index in [0.29, 0.717) is 12.5 Å². The molecule has 1 heterocycles. The summed E-state index contributed by atoms with van der Waals surface area (Å²) >= 11 is 1.46. The minimum absolute atomic E-state index is 0.212. The van der Waals surface area contributed by atoms with Crippen LogP contribution < -0.4 is 5.32 Å². The lowest BCUT2D eigenvalue weighted by atomic mass is 10.1. The third-order valence-corrected chi connectivity index (χ3v) is 3.24. The number of nitrogens with zero attached hydrogens (tertiary/aromatic N) is 2. The van der Waals surface area contributed by atoms with Crippen molar-refractivity contribution < 1.29 is 4.74 Å². The second kappa shape index (κ2) is 6.93. The van der Waals surface area contributed by atoms with E-state index in [-0.39, 0.29) is 6.04 Å². The third kappa shape index (κ3) is 3.50. The highest BCUT2D eigenvalue weighted by molar-refractivity contribution is 7.05. The number of likely N-dealkylation sites (N-methyl/N-ethyl adjacent to an activating group) is 1. The fraction of sp³-hybridized carbons (Fsp3) is 0.818. The van der Waals surface area contributed by atoms with Crippen molar-refractivity contribution in [3.05, 3.63) is 10.6 Å². The van der Waals surface area contributed by atoms with Gasteiger partial charge in [0.1, 0.15) is 0 Å². The first-order valence-electron chi connectivity index (χ1n) is 5.77. The first kappa shape index (κ1) is 13.5. The van der Waals surface area contributed by atoms with Gasteiger partial charge in [0, 0.05) is 6.61 Å². The third-order valence-electron chi connectivity index (χ3n) is 2.38. The van der Waals surface area contributed by atoms with Gasteiger partial charge in [-0.1, -0.05) is 25.3 Å². The van der Waals surface area contributed by atoms with Gasteiger partial charge in [-0.15, -0.1) is 5.10 Å². The van der Waals surface area contributed by atoms with Gasteiger partial charge in [-0.3, -0.25) is 0 Å². The summed E-state index contributed by atoms with van der Waals surface area (Å²) in [6, 6.07) is 0.212. The molecule has 0 radical (unpaired) electrons. The molecule has 0 saturated carbocycles. The predicted molar refractivity (Wildman–Crippen MR) is 66.9 cm³/mol. The smallest absolute Gasteiger partial charge is 0.0829 e. The van der Waals surface area contributed by atoms with Crippen LogP contribution in [-0.2, 0) is 4.74 Å². The number of ether oxygens (including phenoxy) is 1. The molecule has 1 atom stereocenters. The molecule has 0 fully saturated rings. The first-order valence-corrected chi connectivity index (χ1v) is 6.55. The van der Waals surface area contributed by atoms with Crippen LogP contribution in [0, 0.1) is 0 Å². The fourth-order valence-corrected chi connectivity index (χ4v) is 2.38. The van der Waals surface area contributed by atoms with Crippen LogP contribution in [0.25, 0.3) is 0 Å². The van der Waals surface area contributed by atoms with Crippen molar-refractivity contribution in [2.75, 3.05) is 20.3 Å². The van der Waals surface area contributed by atoms with Crippen molar-refractivity contribution >= 4 is 11.5 Å². The zero-order valence-electron chi connectivity index (χ0n) is 10.5. The minimum atomic E-state index is 0.212. The summed E-state index contributed by atoms with van der Waals surface area (Å²) in [6.07, 6.45) is 1.05. The summed E-state index contributed by atoms with van der Waals surface area (Å²) in [5.74, 6) is 0.413. The molecular formula is C11H21N3OS. The molecule has 0 aliphatic carbocycles. The van der Waals surface area contributed by atoms with E-state index in [1.54, 1.807) is 0 Å². The van der Waals surface area contributed by atoms with Crippen LogP contribution in [0.5, 0.6) is 0 Å². The van der Waals surface area contributed by atoms with E-state index in [1.165, 1.54) is 16.4 Å². The maximum Gasteiger partial charge on any atom is 0.0829 e. The van der Waals surface area contributed by atoms with E-state index >= 15 is 0 Å². The summed E-state index contributed by atoms with van der Waals surface area (Å²) < 4.78 is 9.62. The van der Waals surface area contributed by atoms with Gasteiger partial charge >= 0.3 is 0 Å². The van der Waals surface area contributed by atoms with E-state index in [9.17, 15) is 0 Å². The first-order chi connectivity index (χ1) is 7.70. The number of rotatable bonds is 7. The van der Waals surface area contributed by atoms with Crippen molar-refractivity contribution in [1.29, 1.82) is 0 Å². The van der Waals surface area contributed by atoms with Gasteiger partial charge in [0.25, 0.3) is 0 Å². The summed E-state index contributed by atoms with van der Waals surface area (Å²) in [5.41, 5.74) is 1.09. The molecule has 0 saturated heterocycles. The van der Waals surface area contributed by atoms with Crippen molar-refractivity contribution in [3.8, 4) is 0 Å². The van der Waals surface area contributed by atoms with Crippen LogP contribution in [0.4, 0.5) is 0 Å². The molecule has 0 spiro atoms. The van der Waals surface area contributed by atoms with Gasteiger partial charge in [-0.25, -0.2) is 0 Å². The molecule has 1 rings (SSSR count). The second-order valence-electron chi connectivity index (χ2n) is 4.09. The van der Waals surface area contributed by atoms with E-state index in [1.807, 2.05) is 7.05 Å². The van der Waals surface area contributed by atoms with Crippen LogP contribution in [0.1, 0.15) is 49.7 Å². The molecule has 4 nitrogen and oxygen atoms in total. The van der Waals surface area contributed by atoms with Gasteiger partial charge < -0.3 is 10.1 Å². The summed E-state index contributed by atoms with van der Waals surface area (Å²) in [5, 5.41) is 7.45.